The van der Waals surface area contributed by atoms with Gasteiger partial charge >= 0.3 is 0 Å². The molecule has 0 radical (unpaired) electrons. The molecule has 2 aromatic carbocycles. The fourth-order valence-corrected chi connectivity index (χ4v) is 3.18. The van der Waals surface area contributed by atoms with Gasteiger partial charge in [-0.05, 0) is 37.1 Å². The van der Waals surface area contributed by atoms with Gasteiger partial charge in [-0.25, -0.2) is 0 Å². The maximum Gasteiger partial charge on any atom is 0.200 e. The molecule has 0 saturated heterocycles. The van der Waals surface area contributed by atoms with Crippen LogP contribution in [0.2, 0.25) is 0 Å². The van der Waals surface area contributed by atoms with Crippen LogP contribution in [0.3, 0.4) is 0 Å². The van der Waals surface area contributed by atoms with Gasteiger partial charge in [-0.1, -0.05) is 47.3 Å². The van der Waals surface area contributed by atoms with Gasteiger partial charge in [0.25, 0.3) is 0 Å². The van der Waals surface area contributed by atoms with Crippen molar-refractivity contribution in [3.05, 3.63) is 52.7 Å². The fourth-order valence-electron chi connectivity index (χ4n) is 2.79. The highest BCUT2D eigenvalue weighted by atomic mass is 79.9. The maximum absolute atomic E-state index is 12.5. The zero-order chi connectivity index (χ0) is 16.8. The van der Waals surface area contributed by atoms with Gasteiger partial charge in [0.15, 0.2) is 0 Å². The number of unbranched alkanes of at least 4 members (excludes halogenated alkanes) is 4. The van der Waals surface area contributed by atoms with Crippen LogP contribution in [0.1, 0.15) is 32.1 Å². The standard InChI is InChI=1S/C20H21BrO3/c21-12-6-2-1-3-7-13-23-15-10-11-17-19(14-15)24-18-9-5-4-8-16(18)20(17)22/h4-5,8-11,14H,1-3,6-7,12-13H2. The van der Waals surface area contributed by atoms with E-state index in [1.165, 1.54) is 25.7 Å². The second-order valence-electron chi connectivity index (χ2n) is 5.89. The van der Waals surface area contributed by atoms with Crippen molar-refractivity contribution in [1.82, 2.24) is 0 Å². The number of hydrogen-bond donors (Lipinski definition) is 0. The van der Waals surface area contributed by atoms with Gasteiger partial charge in [0, 0.05) is 11.4 Å². The van der Waals surface area contributed by atoms with E-state index in [2.05, 4.69) is 15.9 Å². The van der Waals surface area contributed by atoms with E-state index in [9.17, 15) is 4.79 Å². The third kappa shape index (κ3) is 3.99. The summed E-state index contributed by atoms with van der Waals surface area (Å²) in [6.07, 6.45) is 5.97. The molecule has 0 fully saturated rings. The smallest absolute Gasteiger partial charge is 0.200 e. The second kappa shape index (κ2) is 8.34. The highest BCUT2D eigenvalue weighted by Gasteiger charge is 2.08. The molecule has 0 unspecified atom stereocenters. The van der Waals surface area contributed by atoms with Crippen LogP contribution in [-0.4, -0.2) is 11.9 Å². The summed E-state index contributed by atoms with van der Waals surface area (Å²) < 4.78 is 11.7. The summed E-state index contributed by atoms with van der Waals surface area (Å²) in [4.78, 5) is 12.5. The van der Waals surface area contributed by atoms with Crippen LogP contribution in [0.25, 0.3) is 21.9 Å². The Balaban J connectivity index is 1.68. The average Bonchev–Trinajstić information content (AvgIpc) is 2.61. The van der Waals surface area contributed by atoms with Crippen LogP contribution in [0.4, 0.5) is 0 Å². The quantitative estimate of drug-likeness (QED) is 0.283. The lowest BCUT2D eigenvalue weighted by atomic mass is 10.1. The molecule has 3 rings (SSSR count). The first kappa shape index (κ1) is 17.0. The number of halogens is 1. The largest absolute Gasteiger partial charge is 0.493 e. The fraction of sp³-hybridized carbons (Fsp3) is 0.350. The number of alkyl halides is 1. The predicted molar refractivity (Wildman–Crippen MR) is 102 cm³/mol. The van der Waals surface area contributed by atoms with Crippen molar-refractivity contribution >= 4 is 37.9 Å². The van der Waals surface area contributed by atoms with Crippen molar-refractivity contribution in [2.24, 2.45) is 0 Å². The molecular formula is C20H21BrO3. The van der Waals surface area contributed by atoms with Crippen molar-refractivity contribution in [1.29, 1.82) is 0 Å². The number of fused-ring (bicyclic) bond motifs is 2. The van der Waals surface area contributed by atoms with E-state index in [0.717, 1.165) is 17.5 Å². The molecule has 0 aliphatic rings. The maximum atomic E-state index is 12.5. The first-order valence-corrected chi connectivity index (χ1v) is 9.56. The second-order valence-corrected chi connectivity index (χ2v) is 6.68. The zero-order valence-corrected chi connectivity index (χ0v) is 15.2. The van der Waals surface area contributed by atoms with Gasteiger partial charge < -0.3 is 9.15 Å². The Bertz CT molecular complexity index is 870. The van der Waals surface area contributed by atoms with Gasteiger partial charge in [0.1, 0.15) is 16.9 Å². The van der Waals surface area contributed by atoms with E-state index >= 15 is 0 Å². The summed E-state index contributed by atoms with van der Waals surface area (Å²) >= 11 is 3.45. The van der Waals surface area contributed by atoms with E-state index in [1.54, 1.807) is 12.1 Å². The van der Waals surface area contributed by atoms with Gasteiger partial charge in [0.05, 0.1) is 17.4 Å². The summed E-state index contributed by atoms with van der Waals surface area (Å²) in [6.45, 7) is 0.692. The summed E-state index contributed by atoms with van der Waals surface area (Å²) in [5, 5.41) is 2.29. The Kier molecular flexibility index (Phi) is 5.91. The minimum absolute atomic E-state index is 0.00481. The molecule has 24 heavy (non-hydrogen) atoms. The lowest BCUT2D eigenvalue weighted by Gasteiger charge is -2.07. The van der Waals surface area contributed by atoms with Crippen molar-refractivity contribution in [2.75, 3.05) is 11.9 Å². The van der Waals surface area contributed by atoms with Crippen molar-refractivity contribution in [2.45, 2.75) is 32.1 Å². The lowest BCUT2D eigenvalue weighted by Crippen LogP contribution is -2.02. The number of para-hydroxylation sites is 1. The van der Waals surface area contributed by atoms with Crippen LogP contribution in [-0.2, 0) is 0 Å². The summed E-state index contributed by atoms with van der Waals surface area (Å²) in [5.74, 6) is 0.751. The predicted octanol–water partition coefficient (Wildman–Crippen LogP) is 5.67. The molecule has 0 saturated carbocycles. The topological polar surface area (TPSA) is 39.4 Å². The highest BCUT2D eigenvalue weighted by Crippen LogP contribution is 2.23. The number of hydrogen-bond acceptors (Lipinski definition) is 3. The number of rotatable bonds is 8. The Hall–Kier alpha value is -1.81. The SMILES string of the molecule is O=c1c2ccccc2oc2cc(OCCCCCCCBr)ccc12. The van der Waals surface area contributed by atoms with E-state index in [4.69, 9.17) is 9.15 Å². The molecule has 1 heterocycles. The first-order chi connectivity index (χ1) is 11.8. The Morgan fingerprint density at radius 1 is 0.875 bits per heavy atom. The zero-order valence-electron chi connectivity index (χ0n) is 13.6. The van der Waals surface area contributed by atoms with Crippen LogP contribution in [0, 0.1) is 0 Å². The number of benzene rings is 2. The summed E-state index contributed by atoms with van der Waals surface area (Å²) in [7, 11) is 0. The third-order valence-corrected chi connectivity index (χ3v) is 4.66. The van der Waals surface area contributed by atoms with Crippen molar-refractivity contribution in [3.8, 4) is 5.75 Å². The Morgan fingerprint density at radius 3 is 2.50 bits per heavy atom. The van der Waals surface area contributed by atoms with Gasteiger partial charge in [-0.2, -0.15) is 0 Å². The monoisotopic (exact) mass is 388 g/mol. The van der Waals surface area contributed by atoms with Crippen molar-refractivity contribution in [3.63, 3.8) is 0 Å². The van der Waals surface area contributed by atoms with E-state index in [1.807, 2.05) is 30.3 Å². The molecule has 1 aromatic heterocycles. The third-order valence-electron chi connectivity index (χ3n) is 4.10. The van der Waals surface area contributed by atoms with Crippen LogP contribution < -0.4 is 10.2 Å². The molecule has 0 amide bonds. The van der Waals surface area contributed by atoms with Crippen LogP contribution in [0.15, 0.2) is 51.7 Å². The van der Waals surface area contributed by atoms with E-state index < -0.39 is 0 Å². The summed E-state index contributed by atoms with van der Waals surface area (Å²) in [5.41, 5.74) is 1.19. The molecule has 3 nitrogen and oxygen atoms in total. The molecule has 0 bridgehead atoms. The van der Waals surface area contributed by atoms with Gasteiger partial charge in [-0.3, -0.25) is 4.79 Å². The van der Waals surface area contributed by atoms with Crippen LogP contribution >= 0.6 is 15.9 Å². The normalized spacial score (nSPS) is 11.2. The van der Waals surface area contributed by atoms with Gasteiger partial charge in [0.2, 0.25) is 5.43 Å². The molecule has 0 atom stereocenters. The molecule has 3 aromatic rings. The highest BCUT2D eigenvalue weighted by molar-refractivity contribution is 9.09. The molecule has 0 spiro atoms. The Morgan fingerprint density at radius 2 is 1.62 bits per heavy atom. The van der Waals surface area contributed by atoms with Gasteiger partial charge in [-0.15, -0.1) is 0 Å². The Labute approximate surface area is 149 Å². The molecule has 126 valence electrons. The molecule has 0 aliphatic carbocycles. The molecule has 0 N–H and O–H groups in total. The minimum Gasteiger partial charge on any atom is -0.493 e. The molecule has 0 aliphatic heterocycles. The summed E-state index contributed by atoms with van der Waals surface area (Å²) in [6, 6.07) is 12.8. The number of ether oxygens (including phenoxy) is 1. The molecule has 4 heteroatoms. The first-order valence-electron chi connectivity index (χ1n) is 8.44. The van der Waals surface area contributed by atoms with Crippen LogP contribution in [0.5, 0.6) is 5.75 Å². The minimum atomic E-state index is 0.00481. The van der Waals surface area contributed by atoms with Crippen molar-refractivity contribution < 1.29 is 9.15 Å². The lowest BCUT2D eigenvalue weighted by molar-refractivity contribution is 0.304. The molecular weight excluding hydrogens is 368 g/mol. The van der Waals surface area contributed by atoms with E-state index in [0.29, 0.717) is 28.5 Å². The average molecular weight is 389 g/mol. The van der Waals surface area contributed by atoms with E-state index in [-0.39, 0.29) is 5.43 Å².